The lowest BCUT2D eigenvalue weighted by Crippen LogP contribution is -2.36. The van der Waals surface area contributed by atoms with Crippen molar-refractivity contribution >= 4 is 12.2 Å². The second-order valence-corrected chi connectivity index (χ2v) is 3.72. The first-order chi connectivity index (χ1) is 7.67. The number of ether oxygens (including phenoxy) is 1. The highest BCUT2D eigenvalue weighted by atomic mass is 16.6. The van der Waals surface area contributed by atoms with E-state index < -0.39 is 0 Å². The van der Waals surface area contributed by atoms with E-state index >= 15 is 0 Å². The molecule has 16 heavy (non-hydrogen) atoms. The second kappa shape index (κ2) is 6.41. The summed E-state index contributed by atoms with van der Waals surface area (Å²) >= 11 is 0. The Morgan fingerprint density at radius 3 is 2.88 bits per heavy atom. The molecule has 1 rings (SSSR count). The molecule has 0 amide bonds. The third-order valence-electron chi connectivity index (χ3n) is 2.36. The van der Waals surface area contributed by atoms with Crippen LogP contribution in [-0.4, -0.2) is 43.7 Å². The Kier molecular flexibility index (Phi) is 5.17. The van der Waals surface area contributed by atoms with Crippen LogP contribution >= 0.6 is 0 Å². The van der Waals surface area contributed by atoms with Gasteiger partial charge in [0.15, 0.2) is 5.96 Å². The maximum absolute atomic E-state index is 10.8. The lowest BCUT2D eigenvalue weighted by molar-refractivity contribution is -0.109. The minimum absolute atomic E-state index is 0.0396. The van der Waals surface area contributed by atoms with E-state index in [2.05, 4.69) is 10.6 Å². The van der Waals surface area contributed by atoms with E-state index in [9.17, 15) is 4.79 Å². The van der Waals surface area contributed by atoms with Gasteiger partial charge in [0.2, 0.25) is 0 Å². The molecule has 7 nitrogen and oxygen atoms in total. The van der Waals surface area contributed by atoms with Crippen LogP contribution in [0.2, 0.25) is 0 Å². The SMILES string of the molecule is N=C(N)NCCC[C@@H](C=O)NC1OC1CN. The molecule has 0 saturated carbocycles. The maximum atomic E-state index is 10.8. The van der Waals surface area contributed by atoms with Gasteiger partial charge in [-0.15, -0.1) is 0 Å². The monoisotopic (exact) mass is 229 g/mol. The summed E-state index contributed by atoms with van der Waals surface area (Å²) in [5, 5.41) is 12.7. The van der Waals surface area contributed by atoms with Crippen molar-refractivity contribution in [2.45, 2.75) is 31.2 Å². The molecule has 7 N–H and O–H groups in total. The van der Waals surface area contributed by atoms with Crippen LogP contribution in [0.4, 0.5) is 0 Å². The number of carbonyl (C=O) groups is 1. The van der Waals surface area contributed by atoms with Crippen LogP contribution in [0.1, 0.15) is 12.8 Å². The Hall–Kier alpha value is -1.18. The number of hydrogen-bond donors (Lipinski definition) is 5. The molecule has 0 spiro atoms. The van der Waals surface area contributed by atoms with Gasteiger partial charge in [-0.25, -0.2) is 0 Å². The fraction of sp³-hybridized carbons (Fsp3) is 0.778. The standard InChI is InChI=1S/C9H19N5O2/c10-4-7-8(16-7)14-6(5-15)2-1-3-13-9(11)12/h5-8,14H,1-4,10H2,(H4,11,12,13)/t6-,7?,8?/m0/s1. The van der Waals surface area contributed by atoms with Crippen molar-refractivity contribution in [2.75, 3.05) is 13.1 Å². The van der Waals surface area contributed by atoms with Gasteiger partial charge in [-0.05, 0) is 12.8 Å². The zero-order chi connectivity index (χ0) is 12.0. The summed E-state index contributed by atoms with van der Waals surface area (Å²) in [5.41, 5.74) is 10.5. The molecule has 0 aromatic rings. The molecule has 1 fully saturated rings. The fourth-order valence-corrected chi connectivity index (χ4v) is 1.42. The van der Waals surface area contributed by atoms with Gasteiger partial charge in [-0.2, -0.15) is 0 Å². The van der Waals surface area contributed by atoms with Crippen molar-refractivity contribution in [3.8, 4) is 0 Å². The number of guanidine groups is 1. The highest BCUT2D eigenvalue weighted by molar-refractivity contribution is 5.74. The van der Waals surface area contributed by atoms with Gasteiger partial charge in [0.05, 0.1) is 6.04 Å². The highest BCUT2D eigenvalue weighted by Gasteiger charge is 2.38. The Bertz CT molecular complexity index is 248. The van der Waals surface area contributed by atoms with E-state index in [1.54, 1.807) is 0 Å². The van der Waals surface area contributed by atoms with Crippen molar-refractivity contribution in [1.82, 2.24) is 10.6 Å². The molecule has 1 heterocycles. The molecule has 1 aliphatic rings. The largest absolute Gasteiger partial charge is 0.370 e. The molecule has 1 aliphatic heterocycles. The van der Waals surface area contributed by atoms with E-state index in [1.165, 1.54) is 0 Å². The number of nitrogens with one attached hydrogen (secondary N) is 3. The molecule has 0 bridgehead atoms. The topological polar surface area (TPSA) is 130 Å². The van der Waals surface area contributed by atoms with Crippen LogP contribution < -0.4 is 22.1 Å². The van der Waals surface area contributed by atoms with Crippen LogP contribution in [-0.2, 0) is 9.53 Å². The van der Waals surface area contributed by atoms with Crippen molar-refractivity contribution < 1.29 is 9.53 Å². The Morgan fingerprint density at radius 1 is 1.62 bits per heavy atom. The molecule has 7 heteroatoms. The Morgan fingerprint density at radius 2 is 2.38 bits per heavy atom. The molecule has 2 unspecified atom stereocenters. The number of rotatable bonds is 8. The predicted octanol–water partition coefficient (Wildman–Crippen LogP) is -1.91. The zero-order valence-corrected chi connectivity index (χ0v) is 9.11. The molecular weight excluding hydrogens is 210 g/mol. The number of aldehydes is 1. The predicted molar refractivity (Wildman–Crippen MR) is 59.9 cm³/mol. The van der Waals surface area contributed by atoms with E-state index in [0.29, 0.717) is 19.5 Å². The third kappa shape index (κ3) is 4.56. The number of nitrogens with two attached hydrogens (primary N) is 2. The molecule has 92 valence electrons. The summed E-state index contributed by atoms with van der Waals surface area (Å²) in [6.45, 7) is 1.06. The molecule has 1 saturated heterocycles. The molecule has 0 aromatic heterocycles. The Balaban J connectivity index is 2.08. The van der Waals surface area contributed by atoms with Gasteiger partial charge in [0.1, 0.15) is 18.6 Å². The van der Waals surface area contributed by atoms with Crippen molar-refractivity contribution in [1.29, 1.82) is 5.41 Å². The van der Waals surface area contributed by atoms with Crippen molar-refractivity contribution in [3.63, 3.8) is 0 Å². The van der Waals surface area contributed by atoms with Crippen molar-refractivity contribution in [2.24, 2.45) is 11.5 Å². The third-order valence-corrected chi connectivity index (χ3v) is 2.36. The van der Waals surface area contributed by atoms with Gasteiger partial charge < -0.3 is 26.3 Å². The first-order valence-electron chi connectivity index (χ1n) is 5.32. The van der Waals surface area contributed by atoms with Crippen LogP contribution in [0.5, 0.6) is 0 Å². The minimum Gasteiger partial charge on any atom is -0.370 e. The summed E-state index contributed by atoms with van der Waals surface area (Å²) in [7, 11) is 0. The average Bonchev–Trinajstić information content (AvgIpc) is 3.00. The van der Waals surface area contributed by atoms with Gasteiger partial charge in [-0.3, -0.25) is 10.7 Å². The number of epoxide rings is 1. The normalized spacial score (nSPS) is 24.8. The first kappa shape index (κ1) is 12.9. The smallest absolute Gasteiger partial charge is 0.185 e. The summed E-state index contributed by atoms with van der Waals surface area (Å²) in [4.78, 5) is 10.8. The second-order valence-electron chi connectivity index (χ2n) is 3.72. The van der Waals surface area contributed by atoms with E-state index in [-0.39, 0.29) is 24.3 Å². The van der Waals surface area contributed by atoms with E-state index in [0.717, 1.165) is 12.7 Å². The summed E-state index contributed by atoms with van der Waals surface area (Å²) in [5.74, 6) is -0.0515. The van der Waals surface area contributed by atoms with Crippen molar-refractivity contribution in [3.05, 3.63) is 0 Å². The molecular formula is C9H19N5O2. The lowest BCUT2D eigenvalue weighted by atomic mass is 10.1. The van der Waals surface area contributed by atoms with Crippen LogP contribution in [0.25, 0.3) is 0 Å². The Labute approximate surface area is 94.4 Å². The molecule has 0 aromatic carbocycles. The van der Waals surface area contributed by atoms with Gasteiger partial charge in [0, 0.05) is 13.1 Å². The quantitative estimate of drug-likeness (QED) is 0.109. The summed E-state index contributed by atoms with van der Waals surface area (Å²) in [6, 6.07) is -0.227. The summed E-state index contributed by atoms with van der Waals surface area (Å²) < 4.78 is 5.18. The van der Waals surface area contributed by atoms with Gasteiger partial charge in [-0.1, -0.05) is 0 Å². The fourth-order valence-electron chi connectivity index (χ4n) is 1.42. The number of hydrogen-bond acceptors (Lipinski definition) is 5. The van der Waals surface area contributed by atoms with E-state index in [4.69, 9.17) is 21.6 Å². The van der Waals surface area contributed by atoms with E-state index in [1.807, 2.05) is 0 Å². The molecule has 3 atom stereocenters. The minimum atomic E-state index is -0.227. The first-order valence-corrected chi connectivity index (χ1v) is 5.32. The van der Waals surface area contributed by atoms with Crippen LogP contribution in [0, 0.1) is 5.41 Å². The van der Waals surface area contributed by atoms with Crippen LogP contribution in [0.15, 0.2) is 0 Å². The molecule has 0 radical (unpaired) electrons. The van der Waals surface area contributed by atoms with Gasteiger partial charge in [0.25, 0.3) is 0 Å². The average molecular weight is 229 g/mol. The molecule has 0 aliphatic carbocycles. The highest BCUT2D eigenvalue weighted by Crippen LogP contribution is 2.18. The summed E-state index contributed by atoms with van der Waals surface area (Å²) in [6.07, 6.45) is 2.26. The lowest BCUT2D eigenvalue weighted by Gasteiger charge is -2.10. The maximum Gasteiger partial charge on any atom is 0.185 e. The zero-order valence-electron chi connectivity index (χ0n) is 9.11. The number of carbonyl (C=O) groups excluding carboxylic acids is 1. The van der Waals surface area contributed by atoms with Crippen LogP contribution in [0.3, 0.4) is 0 Å². The van der Waals surface area contributed by atoms with Gasteiger partial charge >= 0.3 is 0 Å².